The Morgan fingerprint density at radius 3 is 2.60 bits per heavy atom. The third-order valence-electron chi connectivity index (χ3n) is 3.07. The van der Waals surface area contributed by atoms with Crippen molar-refractivity contribution in [2.45, 2.75) is 19.4 Å². The molecule has 2 amide bonds. The third-order valence-corrected chi connectivity index (χ3v) is 3.07. The lowest BCUT2D eigenvalue weighted by atomic mass is 10.2. The van der Waals surface area contributed by atoms with Gasteiger partial charge in [-0.2, -0.15) is 0 Å². The Morgan fingerprint density at radius 2 is 2.00 bits per heavy atom. The van der Waals surface area contributed by atoms with Gasteiger partial charge in [0.15, 0.2) is 0 Å². The van der Waals surface area contributed by atoms with Crippen molar-refractivity contribution in [1.82, 2.24) is 10.2 Å². The Morgan fingerprint density at radius 1 is 1.35 bits per heavy atom. The van der Waals surface area contributed by atoms with Crippen molar-refractivity contribution in [3.63, 3.8) is 0 Å². The van der Waals surface area contributed by atoms with Crippen LogP contribution >= 0.6 is 0 Å². The monoisotopic (exact) mass is 278 g/mol. The van der Waals surface area contributed by atoms with Crippen molar-refractivity contribution in [2.24, 2.45) is 0 Å². The molecule has 1 aliphatic heterocycles. The van der Waals surface area contributed by atoms with Crippen LogP contribution < -0.4 is 10.1 Å². The molecule has 108 valence electrons. The smallest absolute Gasteiger partial charge is 0.317 e. The number of aliphatic carboxylic acids is 1. The van der Waals surface area contributed by atoms with Crippen molar-refractivity contribution in [3.05, 3.63) is 29.8 Å². The molecule has 0 aliphatic carbocycles. The second kappa shape index (κ2) is 6.27. The van der Waals surface area contributed by atoms with Gasteiger partial charge in [0.05, 0.1) is 19.5 Å². The van der Waals surface area contributed by atoms with E-state index in [1.54, 1.807) is 4.90 Å². The second-order valence-electron chi connectivity index (χ2n) is 4.83. The maximum Gasteiger partial charge on any atom is 0.317 e. The number of nitrogens with one attached hydrogen (secondary N) is 1. The summed E-state index contributed by atoms with van der Waals surface area (Å²) < 4.78 is 5.71. The fourth-order valence-electron chi connectivity index (χ4n) is 1.88. The van der Waals surface area contributed by atoms with E-state index < -0.39 is 5.97 Å². The minimum Gasteiger partial charge on any atom is -0.487 e. The highest BCUT2D eigenvalue weighted by atomic mass is 16.5. The molecule has 2 rings (SSSR count). The molecular formula is C14H18N2O4. The predicted octanol–water partition coefficient (Wildman–Crippen LogP) is 1.24. The van der Waals surface area contributed by atoms with Gasteiger partial charge in [0.1, 0.15) is 11.9 Å². The fraction of sp³-hybridized carbons (Fsp3) is 0.429. The molecule has 0 bridgehead atoms. The summed E-state index contributed by atoms with van der Waals surface area (Å²) in [6, 6.07) is 7.53. The van der Waals surface area contributed by atoms with Crippen LogP contribution in [0.5, 0.6) is 5.75 Å². The average molecular weight is 278 g/mol. The summed E-state index contributed by atoms with van der Waals surface area (Å²) in [5, 5.41) is 11.0. The number of amides is 2. The van der Waals surface area contributed by atoms with Gasteiger partial charge in [-0.1, -0.05) is 17.7 Å². The van der Waals surface area contributed by atoms with E-state index in [1.165, 1.54) is 5.56 Å². The van der Waals surface area contributed by atoms with E-state index in [4.69, 9.17) is 9.84 Å². The van der Waals surface area contributed by atoms with Crippen LogP contribution in [0.3, 0.4) is 0 Å². The summed E-state index contributed by atoms with van der Waals surface area (Å²) in [5.74, 6) is -0.124. The van der Waals surface area contributed by atoms with Crippen LogP contribution in [0, 0.1) is 6.92 Å². The standard InChI is InChI=1S/C14H18N2O4/c1-10-2-4-11(5-3-10)20-12-8-16(9-12)14(19)15-7-6-13(17)18/h2-5,12H,6-9H2,1H3,(H,15,19)(H,17,18). The molecule has 1 aliphatic rings. The number of likely N-dealkylation sites (tertiary alicyclic amines) is 1. The first-order valence-corrected chi connectivity index (χ1v) is 6.52. The van der Waals surface area contributed by atoms with Crippen LogP contribution in [-0.4, -0.2) is 47.7 Å². The number of carboxylic acid groups (broad SMARTS) is 1. The molecule has 1 aromatic rings. The Balaban J connectivity index is 1.67. The molecule has 1 fully saturated rings. The average Bonchev–Trinajstić information content (AvgIpc) is 2.34. The Kier molecular flexibility index (Phi) is 4.45. The van der Waals surface area contributed by atoms with Crippen molar-refractivity contribution >= 4 is 12.0 Å². The van der Waals surface area contributed by atoms with Crippen molar-refractivity contribution in [2.75, 3.05) is 19.6 Å². The molecule has 0 unspecified atom stereocenters. The zero-order valence-electron chi connectivity index (χ0n) is 11.3. The number of ether oxygens (including phenoxy) is 1. The number of urea groups is 1. The first kappa shape index (κ1) is 14.2. The summed E-state index contributed by atoms with van der Waals surface area (Å²) in [7, 11) is 0. The SMILES string of the molecule is Cc1ccc(OC2CN(C(=O)NCCC(=O)O)C2)cc1. The summed E-state index contributed by atoms with van der Waals surface area (Å²) in [6.45, 7) is 3.20. The van der Waals surface area contributed by atoms with Gasteiger partial charge in [-0.25, -0.2) is 4.79 Å². The normalized spacial score (nSPS) is 14.6. The number of hydrogen-bond donors (Lipinski definition) is 2. The summed E-state index contributed by atoms with van der Waals surface area (Å²) >= 11 is 0. The number of carbonyl (C=O) groups excluding carboxylic acids is 1. The predicted molar refractivity (Wildman–Crippen MR) is 72.8 cm³/mol. The summed E-state index contributed by atoms with van der Waals surface area (Å²) in [6.07, 6.45) is -0.0639. The molecule has 1 saturated heterocycles. The third kappa shape index (κ3) is 3.88. The second-order valence-corrected chi connectivity index (χ2v) is 4.83. The van der Waals surface area contributed by atoms with Crippen molar-refractivity contribution in [1.29, 1.82) is 0 Å². The van der Waals surface area contributed by atoms with Gasteiger partial charge < -0.3 is 20.1 Å². The lowest BCUT2D eigenvalue weighted by molar-refractivity contribution is -0.136. The number of aryl methyl sites for hydroxylation is 1. The highest BCUT2D eigenvalue weighted by Gasteiger charge is 2.32. The number of carbonyl (C=O) groups is 2. The quantitative estimate of drug-likeness (QED) is 0.849. The molecule has 0 atom stereocenters. The molecule has 6 heteroatoms. The van der Waals surface area contributed by atoms with E-state index in [9.17, 15) is 9.59 Å². The molecule has 6 nitrogen and oxygen atoms in total. The topological polar surface area (TPSA) is 78.9 Å². The highest BCUT2D eigenvalue weighted by Crippen LogP contribution is 2.18. The highest BCUT2D eigenvalue weighted by molar-refractivity contribution is 5.76. The van der Waals surface area contributed by atoms with E-state index in [0.29, 0.717) is 13.1 Å². The Labute approximate surface area is 117 Å². The van der Waals surface area contributed by atoms with Crippen molar-refractivity contribution in [3.8, 4) is 5.75 Å². The van der Waals surface area contributed by atoms with Gasteiger partial charge in [0, 0.05) is 6.54 Å². The molecule has 1 aromatic carbocycles. The molecule has 0 saturated carbocycles. The largest absolute Gasteiger partial charge is 0.487 e. The maximum absolute atomic E-state index is 11.6. The van der Waals surface area contributed by atoms with Gasteiger partial charge in [0.2, 0.25) is 0 Å². The number of nitrogens with zero attached hydrogens (tertiary/aromatic N) is 1. The van der Waals surface area contributed by atoms with Gasteiger partial charge in [-0.15, -0.1) is 0 Å². The zero-order chi connectivity index (χ0) is 14.5. The first-order valence-electron chi connectivity index (χ1n) is 6.52. The molecule has 0 radical (unpaired) electrons. The Bertz CT molecular complexity index is 480. The molecule has 0 aromatic heterocycles. The molecule has 0 spiro atoms. The van der Waals surface area contributed by atoms with Crippen LogP contribution in [-0.2, 0) is 4.79 Å². The van der Waals surface area contributed by atoms with E-state index in [-0.39, 0.29) is 25.1 Å². The molecule has 2 N–H and O–H groups in total. The van der Waals surface area contributed by atoms with E-state index >= 15 is 0 Å². The number of hydrogen-bond acceptors (Lipinski definition) is 3. The lowest BCUT2D eigenvalue weighted by Gasteiger charge is -2.38. The minimum absolute atomic E-state index is 0.00271. The molecule has 1 heterocycles. The lowest BCUT2D eigenvalue weighted by Crippen LogP contribution is -2.59. The van der Waals surface area contributed by atoms with Crippen LogP contribution in [0.4, 0.5) is 4.79 Å². The van der Waals surface area contributed by atoms with E-state index in [1.807, 2.05) is 31.2 Å². The van der Waals surface area contributed by atoms with Crippen LogP contribution in [0.2, 0.25) is 0 Å². The van der Waals surface area contributed by atoms with Gasteiger partial charge in [-0.05, 0) is 19.1 Å². The van der Waals surface area contributed by atoms with Gasteiger partial charge >= 0.3 is 12.0 Å². The zero-order valence-corrected chi connectivity index (χ0v) is 11.3. The fourth-order valence-corrected chi connectivity index (χ4v) is 1.88. The van der Waals surface area contributed by atoms with Gasteiger partial charge in [-0.3, -0.25) is 4.79 Å². The summed E-state index contributed by atoms with van der Waals surface area (Å²) in [5.41, 5.74) is 1.17. The maximum atomic E-state index is 11.6. The minimum atomic E-state index is -0.922. The number of carboxylic acids is 1. The first-order chi connectivity index (χ1) is 9.54. The number of benzene rings is 1. The Hall–Kier alpha value is -2.24. The van der Waals surface area contributed by atoms with Gasteiger partial charge in [0.25, 0.3) is 0 Å². The number of rotatable bonds is 5. The molecular weight excluding hydrogens is 260 g/mol. The van der Waals surface area contributed by atoms with E-state index in [0.717, 1.165) is 5.75 Å². The van der Waals surface area contributed by atoms with Crippen LogP contribution in [0.15, 0.2) is 24.3 Å². The van der Waals surface area contributed by atoms with Crippen molar-refractivity contribution < 1.29 is 19.4 Å². The van der Waals surface area contributed by atoms with Crippen LogP contribution in [0.1, 0.15) is 12.0 Å². The van der Waals surface area contributed by atoms with E-state index in [2.05, 4.69) is 5.32 Å². The molecule has 20 heavy (non-hydrogen) atoms. The van der Waals surface area contributed by atoms with Crippen LogP contribution in [0.25, 0.3) is 0 Å². The summed E-state index contributed by atoms with van der Waals surface area (Å²) in [4.78, 5) is 23.5.